The van der Waals surface area contributed by atoms with Gasteiger partial charge < -0.3 is 15.4 Å². The van der Waals surface area contributed by atoms with Gasteiger partial charge in [-0.1, -0.05) is 29.8 Å². The molecule has 2 aromatic heterocycles. The van der Waals surface area contributed by atoms with Crippen LogP contribution in [0.3, 0.4) is 0 Å². The SMILES string of the molecule is O=C1C(Cl)=C(NC(Cc2c[nH]c3ccccc23)C(=O)O)C(=O)c2ncccc21. The third kappa shape index (κ3) is 2.95. The van der Waals surface area contributed by atoms with E-state index >= 15 is 0 Å². The Balaban J connectivity index is 1.67. The van der Waals surface area contributed by atoms with Gasteiger partial charge in [0.05, 0.1) is 5.56 Å². The number of Topliss-reactive ketones (excluding diaryl/α,β-unsaturated/α-hetero) is 2. The van der Waals surface area contributed by atoms with Crippen molar-refractivity contribution in [3.63, 3.8) is 0 Å². The van der Waals surface area contributed by atoms with Crippen molar-refractivity contribution in [1.82, 2.24) is 15.3 Å². The lowest BCUT2D eigenvalue weighted by Crippen LogP contribution is -2.42. The second-order valence-electron chi connectivity index (χ2n) is 6.35. The molecule has 0 bridgehead atoms. The first kappa shape index (κ1) is 17.9. The maximum atomic E-state index is 12.7. The maximum Gasteiger partial charge on any atom is 0.326 e. The number of ketones is 2. The predicted molar refractivity (Wildman–Crippen MR) is 102 cm³/mol. The number of fused-ring (bicyclic) bond motifs is 2. The number of nitrogens with zero attached hydrogens (tertiary/aromatic N) is 1. The van der Waals surface area contributed by atoms with E-state index in [1.165, 1.54) is 18.3 Å². The molecule has 0 radical (unpaired) electrons. The Labute approximate surface area is 164 Å². The van der Waals surface area contributed by atoms with Gasteiger partial charge in [0.25, 0.3) is 0 Å². The van der Waals surface area contributed by atoms with Crippen molar-refractivity contribution in [3.8, 4) is 0 Å². The number of aromatic nitrogens is 2. The number of benzene rings is 1. The van der Waals surface area contributed by atoms with Crippen molar-refractivity contribution in [1.29, 1.82) is 0 Å². The van der Waals surface area contributed by atoms with E-state index in [9.17, 15) is 19.5 Å². The lowest BCUT2D eigenvalue weighted by atomic mass is 9.96. The van der Waals surface area contributed by atoms with E-state index < -0.39 is 23.6 Å². The molecular weight excluding hydrogens is 382 g/mol. The molecule has 1 aliphatic carbocycles. The van der Waals surface area contributed by atoms with E-state index in [0.717, 1.165) is 16.5 Å². The van der Waals surface area contributed by atoms with Crippen LogP contribution in [0.15, 0.2) is 59.5 Å². The van der Waals surface area contributed by atoms with E-state index in [4.69, 9.17) is 11.6 Å². The number of hydrogen-bond acceptors (Lipinski definition) is 5. The van der Waals surface area contributed by atoms with Crippen molar-refractivity contribution >= 4 is 40.0 Å². The van der Waals surface area contributed by atoms with Gasteiger partial charge in [0, 0.05) is 29.7 Å². The number of pyridine rings is 1. The molecule has 0 saturated heterocycles. The van der Waals surface area contributed by atoms with Gasteiger partial charge in [-0.05, 0) is 23.8 Å². The molecule has 1 unspecified atom stereocenters. The van der Waals surface area contributed by atoms with E-state index in [1.807, 2.05) is 24.3 Å². The fraction of sp³-hybridized carbons (Fsp3) is 0.100. The number of halogens is 1. The number of allylic oxidation sites excluding steroid dienone is 2. The number of rotatable bonds is 5. The molecule has 4 rings (SSSR count). The van der Waals surface area contributed by atoms with Crippen LogP contribution < -0.4 is 5.32 Å². The molecule has 2 heterocycles. The Morgan fingerprint density at radius 1 is 1.18 bits per heavy atom. The van der Waals surface area contributed by atoms with Crippen LogP contribution >= 0.6 is 11.6 Å². The number of hydrogen-bond donors (Lipinski definition) is 3. The Morgan fingerprint density at radius 3 is 2.75 bits per heavy atom. The zero-order valence-corrected chi connectivity index (χ0v) is 15.2. The average molecular weight is 396 g/mol. The number of nitrogens with one attached hydrogen (secondary N) is 2. The summed E-state index contributed by atoms with van der Waals surface area (Å²) < 4.78 is 0. The Kier molecular flexibility index (Phi) is 4.44. The fourth-order valence-electron chi connectivity index (χ4n) is 3.24. The lowest BCUT2D eigenvalue weighted by molar-refractivity contribution is -0.139. The highest BCUT2D eigenvalue weighted by Gasteiger charge is 2.34. The van der Waals surface area contributed by atoms with Crippen molar-refractivity contribution in [2.45, 2.75) is 12.5 Å². The summed E-state index contributed by atoms with van der Waals surface area (Å²) in [6.07, 6.45) is 3.20. The number of para-hydroxylation sites is 1. The number of H-pyrrole nitrogens is 1. The van der Waals surface area contributed by atoms with Gasteiger partial charge in [-0.2, -0.15) is 0 Å². The minimum Gasteiger partial charge on any atom is -0.480 e. The number of carbonyl (C=O) groups excluding carboxylic acids is 2. The maximum absolute atomic E-state index is 12.7. The largest absolute Gasteiger partial charge is 0.480 e. The molecule has 0 amide bonds. The van der Waals surface area contributed by atoms with Crippen LogP contribution in [0.4, 0.5) is 0 Å². The minimum atomic E-state index is -1.17. The third-order valence-corrected chi connectivity index (χ3v) is 4.99. The number of carboxylic acid groups (broad SMARTS) is 1. The van der Waals surface area contributed by atoms with Gasteiger partial charge in [0.15, 0.2) is 0 Å². The minimum absolute atomic E-state index is 0.0457. The highest BCUT2D eigenvalue weighted by Crippen LogP contribution is 2.27. The smallest absolute Gasteiger partial charge is 0.326 e. The van der Waals surface area contributed by atoms with Crippen LogP contribution in [0.25, 0.3) is 10.9 Å². The predicted octanol–water partition coefficient (Wildman–Crippen LogP) is 2.68. The highest BCUT2D eigenvalue weighted by atomic mass is 35.5. The van der Waals surface area contributed by atoms with Crippen molar-refractivity contribution < 1.29 is 19.5 Å². The Bertz CT molecular complexity index is 1160. The van der Waals surface area contributed by atoms with Crippen LogP contribution in [0, 0.1) is 0 Å². The third-order valence-electron chi connectivity index (χ3n) is 4.63. The first-order valence-corrected chi connectivity index (χ1v) is 8.83. The van der Waals surface area contributed by atoms with E-state index in [2.05, 4.69) is 15.3 Å². The number of aliphatic carboxylic acids is 1. The fourth-order valence-corrected chi connectivity index (χ4v) is 3.49. The topological polar surface area (TPSA) is 112 Å². The standard InChI is InChI=1S/C20H14ClN3O4/c21-15-17(19(26)16-12(18(15)25)5-3-7-22-16)24-14(20(27)28)8-10-9-23-13-6-2-1-4-11(10)13/h1-7,9,14,23-24H,8H2,(H,27,28). The van der Waals surface area contributed by atoms with Crippen LogP contribution in [0.2, 0.25) is 0 Å². The summed E-state index contributed by atoms with van der Waals surface area (Å²) in [7, 11) is 0. The average Bonchev–Trinajstić information content (AvgIpc) is 3.11. The van der Waals surface area contributed by atoms with Crippen molar-refractivity contribution in [2.24, 2.45) is 0 Å². The summed E-state index contributed by atoms with van der Waals surface area (Å²) in [6.45, 7) is 0. The molecule has 8 heteroatoms. The van der Waals surface area contributed by atoms with Crippen LogP contribution in [-0.2, 0) is 11.2 Å². The zero-order valence-electron chi connectivity index (χ0n) is 14.4. The monoisotopic (exact) mass is 395 g/mol. The highest BCUT2D eigenvalue weighted by molar-refractivity contribution is 6.49. The van der Waals surface area contributed by atoms with E-state index in [1.54, 1.807) is 6.20 Å². The molecule has 140 valence electrons. The number of aromatic amines is 1. The van der Waals surface area contributed by atoms with Crippen LogP contribution in [-0.4, -0.2) is 38.7 Å². The second-order valence-corrected chi connectivity index (χ2v) is 6.72. The Hall–Kier alpha value is -3.45. The first-order chi connectivity index (χ1) is 13.5. The summed E-state index contributed by atoms with van der Waals surface area (Å²) in [5, 5.41) is 12.9. The summed E-state index contributed by atoms with van der Waals surface area (Å²) in [5.74, 6) is -2.34. The van der Waals surface area contributed by atoms with Crippen LogP contribution in [0.1, 0.15) is 26.4 Å². The van der Waals surface area contributed by atoms with Gasteiger partial charge in [-0.25, -0.2) is 4.79 Å². The van der Waals surface area contributed by atoms with E-state index in [0.29, 0.717) is 0 Å². The molecule has 1 aromatic carbocycles. The van der Waals surface area contributed by atoms with Gasteiger partial charge in [0.2, 0.25) is 11.6 Å². The zero-order chi connectivity index (χ0) is 19.8. The molecule has 3 N–H and O–H groups in total. The molecule has 28 heavy (non-hydrogen) atoms. The first-order valence-electron chi connectivity index (χ1n) is 8.46. The molecular formula is C20H14ClN3O4. The molecule has 1 atom stereocenters. The van der Waals surface area contributed by atoms with Crippen molar-refractivity contribution in [3.05, 3.63) is 76.3 Å². The molecule has 0 fully saturated rings. The quantitative estimate of drug-likeness (QED) is 0.612. The number of carbonyl (C=O) groups is 3. The summed E-state index contributed by atoms with van der Waals surface area (Å²) in [6, 6.07) is 9.32. The molecule has 0 saturated carbocycles. The van der Waals surface area contributed by atoms with Gasteiger partial charge in [-0.3, -0.25) is 14.6 Å². The van der Waals surface area contributed by atoms with E-state index in [-0.39, 0.29) is 28.4 Å². The molecule has 7 nitrogen and oxygen atoms in total. The summed E-state index contributed by atoms with van der Waals surface area (Å²) in [4.78, 5) is 44.0. The van der Waals surface area contributed by atoms with Gasteiger partial charge >= 0.3 is 5.97 Å². The van der Waals surface area contributed by atoms with Gasteiger partial charge in [0.1, 0.15) is 22.5 Å². The van der Waals surface area contributed by atoms with Crippen LogP contribution in [0.5, 0.6) is 0 Å². The summed E-state index contributed by atoms with van der Waals surface area (Å²) >= 11 is 6.10. The Morgan fingerprint density at radius 2 is 1.96 bits per heavy atom. The molecule has 0 spiro atoms. The molecule has 3 aromatic rings. The lowest BCUT2D eigenvalue weighted by Gasteiger charge is -2.21. The second kappa shape index (κ2) is 6.94. The number of carboxylic acids is 1. The molecule has 1 aliphatic rings. The summed E-state index contributed by atoms with van der Waals surface area (Å²) in [5.41, 5.74) is 1.45. The van der Waals surface area contributed by atoms with Gasteiger partial charge in [-0.15, -0.1) is 0 Å². The normalized spacial score (nSPS) is 14.9. The van der Waals surface area contributed by atoms with Crippen molar-refractivity contribution in [2.75, 3.05) is 0 Å². The molecule has 0 aliphatic heterocycles.